The maximum absolute atomic E-state index is 13.3. The summed E-state index contributed by atoms with van der Waals surface area (Å²) in [6.07, 6.45) is -0.155. The molecule has 176 valence electrons. The average Bonchev–Trinajstić information content (AvgIpc) is 3.43. The molecule has 1 aliphatic rings. The molecular formula is C22H25F3N6OS. The molecule has 1 aliphatic heterocycles. The molecule has 4 rings (SSSR count). The second-order valence-electron chi connectivity index (χ2n) is 8.04. The van der Waals surface area contributed by atoms with Crippen molar-refractivity contribution >= 4 is 34.8 Å². The lowest BCUT2D eigenvalue weighted by Gasteiger charge is -2.23. The number of hydrogen-bond donors (Lipinski definition) is 1. The molecule has 11 heteroatoms. The van der Waals surface area contributed by atoms with Crippen molar-refractivity contribution in [3.8, 4) is 0 Å². The predicted octanol–water partition coefficient (Wildman–Crippen LogP) is 4.65. The first-order valence-electron chi connectivity index (χ1n) is 10.7. The summed E-state index contributed by atoms with van der Waals surface area (Å²) in [5.41, 5.74) is 2.51. The average molecular weight is 479 g/mol. The van der Waals surface area contributed by atoms with E-state index in [0.717, 1.165) is 55.0 Å². The summed E-state index contributed by atoms with van der Waals surface area (Å²) in [6, 6.07) is 3.54. The normalized spacial score (nSPS) is 14.3. The fraction of sp³-hybridized carbons (Fsp3) is 0.455. The molecule has 1 saturated heterocycles. The number of hydrogen-bond acceptors (Lipinski definition) is 6. The van der Waals surface area contributed by atoms with Crippen LogP contribution in [0, 0.1) is 13.8 Å². The first kappa shape index (κ1) is 23.3. The Bertz CT molecular complexity index is 1190. The SMILES string of the molecule is CSc1nc2nc(C)c(CCC(=O)Nc3cc(C(F)(F)F)ccc3N3CCCC3)c(C)n2n1. The standard InChI is InChI=1S/C22H25F3N6OS/c1-13-16(14(2)31-20(26-13)28-21(29-31)33-3)7-9-19(32)27-17-12-15(22(23,24)25)6-8-18(17)30-10-4-5-11-30/h6,8,12H,4-5,7,9-11H2,1-3H3,(H,27,32). The molecule has 0 atom stereocenters. The Morgan fingerprint density at radius 3 is 2.58 bits per heavy atom. The summed E-state index contributed by atoms with van der Waals surface area (Å²) < 4.78 is 41.5. The highest BCUT2D eigenvalue weighted by atomic mass is 32.2. The van der Waals surface area contributed by atoms with Gasteiger partial charge in [0.1, 0.15) is 0 Å². The van der Waals surface area contributed by atoms with Crippen molar-refractivity contribution in [3.05, 3.63) is 40.7 Å². The van der Waals surface area contributed by atoms with Crippen LogP contribution < -0.4 is 10.2 Å². The number of anilines is 2. The summed E-state index contributed by atoms with van der Waals surface area (Å²) in [5.74, 6) is 0.152. The Labute approximate surface area is 193 Å². The van der Waals surface area contributed by atoms with Crippen LogP contribution in [0.4, 0.5) is 24.5 Å². The highest BCUT2D eigenvalue weighted by Crippen LogP contribution is 2.36. The van der Waals surface area contributed by atoms with E-state index in [1.807, 2.05) is 25.0 Å². The molecule has 1 N–H and O–H groups in total. The number of alkyl halides is 3. The van der Waals surface area contributed by atoms with Crippen LogP contribution in [0.15, 0.2) is 23.4 Å². The quantitative estimate of drug-likeness (QED) is 0.520. The summed E-state index contributed by atoms with van der Waals surface area (Å²) in [5, 5.41) is 7.74. The lowest BCUT2D eigenvalue weighted by atomic mass is 10.1. The summed E-state index contributed by atoms with van der Waals surface area (Å²) >= 11 is 1.42. The van der Waals surface area contributed by atoms with Crippen molar-refractivity contribution in [2.75, 3.05) is 29.6 Å². The molecule has 7 nitrogen and oxygen atoms in total. The van der Waals surface area contributed by atoms with Crippen molar-refractivity contribution in [1.82, 2.24) is 19.6 Å². The van der Waals surface area contributed by atoms with Gasteiger partial charge in [0.05, 0.1) is 16.9 Å². The molecule has 1 amide bonds. The van der Waals surface area contributed by atoms with Crippen LogP contribution in [0.3, 0.4) is 0 Å². The molecule has 0 saturated carbocycles. The Morgan fingerprint density at radius 2 is 1.91 bits per heavy atom. The topological polar surface area (TPSA) is 75.4 Å². The smallest absolute Gasteiger partial charge is 0.370 e. The molecule has 0 bridgehead atoms. The number of nitrogens with zero attached hydrogens (tertiary/aromatic N) is 5. The molecule has 0 spiro atoms. The number of aryl methyl sites for hydroxylation is 2. The van der Waals surface area contributed by atoms with E-state index in [9.17, 15) is 18.0 Å². The van der Waals surface area contributed by atoms with Crippen LogP contribution in [-0.4, -0.2) is 44.8 Å². The number of benzene rings is 1. The van der Waals surface area contributed by atoms with Gasteiger partial charge in [-0.25, -0.2) is 9.50 Å². The Kier molecular flexibility index (Phi) is 6.51. The van der Waals surface area contributed by atoms with Gasteiger partial charge >= 0.3 is 6.18 Å². The third kappa shape index (κ3) is 4.92. The fourth-order valence-electron chi connectivity index (χ4n) is 4.14. The second-order valence-corrected chi connectivity index (χ2v) is 8.82. The zero-order valence-corrected chi connectivity index (χ0v) is 19.5. The van der Waals surface area contributed by atoms with E-state index in [2.05, 4.69) is 20.4 Å². The van der Waals surface area contributed by atoms with E-state index < -0.39 is 11.7 Å². The van der Waals surface area contributed by atoms with Gasteiger partial charge in [0.15, 0.2) is 0 Å². The maximum Gasteiger partial charge on any atom is 0.416 e. The summed E-state index contributed by atoms with van der Waals surface area (Å²) in [6.45, 7) is 5.26. The summed E-state index contributed by atoms with van der Waals surface area (Å²) in [7, 11) is 0. The number of carbonyl (C=O) groups excluding carboxylic acids is 1. The van der Waals surface area contributed by atoms with E-state index in [0.29, 0.717) is 23.0 Å². The van der Waals surface area contributed by atoms with Crippen LogP contribution in [0.1, 0.15) is 41.8 Å². The number of fused-ring (bicyclic) bond motifs is 1. The molecule has 3 aromatic rings. The van der Waals surface area contributed by atoms with E-state index in [1.165, 1.54) is 17.8 Å². The fourth-order valence-corrected chi connectivity index (χ4v) is 4.47. The van der Waals surface area contributed by atoms with Gasteiger partial charge in [0.25, 0.3) is 5.78 Å². The molecule has 0 radical (unpaired) electrons. The van der Waals surface area contributed by atoms with Gasteiger partial charge in [-0.05, 0) is 63.1 Å². The third-order valence-corrected chi connectivity index (χ3v) is 6.40. The number of nitrogens with one attached hydrogen (secondary N) is 1. The molecule has 0 unspecified atom stereocenters. The van der Waals surface area contributed by atoms with E-state index in [1.54, 1.807) is 4.52 Å². The molecule has 1 fully saturated rings. The number of thioether (sulfide) groups is 1. The number of aromatic nitrogens is 4. The zero-order chi connectivity index (χ0) is 23.8. The molecule has 0 aliphatic carbocycles. The lowest BCUT2D eigenvalue weighted by molar-refractivity contribution is -0.137. The van der Waals surface area contributed by atoms with Crippen molar-refractivity contribution in [1.29, 1.82) is 0 Å². The highest BCUT2D eigenvalue weighted by molar-refractivity contribution is 7.98. The number of halogens is 3. The van der Waals surface area contributed by atoms with Crippen molar-refractivity contribution in [3.63, 3.8) is 0 Å². The maximum atomic E-state index is 13.3. The van der Waals surface area contributed by atoms with Gasteiger partial charge in [-0.15, -0.1) is 5.10 Å². The van der Waals surface area contributed by atoms with E-state index >= 15 is 0 Å². The molecule has 1 aromatic carbocycles. The van der Waals surface area contributed by atoms with Crippen LogP contribution in [0.5, 0.6) is 0 Å². The van der Waals surface area contributed by atoms with E-state index in [-0.39, 0.29) is 18.0 Å². The first-order chi connectivity index (χ1) is 15.7. The number of amides is 1. The Hall–Kier alpha value is -2.82. The third-order valence-electron chi connectivity index (χ3n) is 5.86. The van der Waals surface area contributed by atoms with E-state index in [4.69, 9.17) is 0 Å². The zero-order valence-electron chi connectivity index (χ0n) is 18.7. The van der Waals surface area contributed by atoms with Gasteiger partial charge in [-0.3, -0.25) is 4.79 Å². The first-order valence-corrected chi connectivity index (χ1v) is 11.9. The minimum absolute atomic E-state index is 0.106. The Morgan fingerprint density at radius 1 is 1.18 bits per heavy atom. The number of rotatable bonds is 6. The van der Waals surface area contributed by atoms with Crippen LogP contribution >= 0.6 is 11.8 Å². The molecule has 3 heterocycles. The predicted molar refractivity (Wildman–Crippen MR) is 122 cm³/mol. The highest BCUT2D eigenvalue weighted by Gasteiger charge is 2.32. The van der Waals surface area contributed by atoms with Gasteiger partial charge in [0.2, 0.25) is 11.1 Å². The lowest BCUT2D eigenvalue weighted by Crippen LogP contribution is -2.22. The van der Waals surface area contributed by atoms with Gasteiger partial charge in [-0.1, -0.05) is 11.8 Å². The van der Waals surface area contributed by atoms with Crippen molar-refractivity contribution < 1.29 is 18.0 Å². The van der Waals surface area contributed by atoms with Crippen LogP contribution in [-0.2, 0) is 17.4 Å². The monoisotopic (exact) mass is 478 g/mol. The van der Waals surface area contributed by atoms with Gasteiger partial charge in [-0.2, -0.15) is 18.2 Å². The molecule has 2 aromatic heterocycles. The molecular weight excluding hydrogens is 453 g/mol. The molecule has 33 heavy (non-hydrogen) atoms. The largest absolute Gasteiger partial charge is 0.416 e. The summed E-state index contributed by atoms with van der Waals surface area (Å²) in [4.78, 5) is 23.6. The van der Waals surface area contributed by atoms with Gasteiger partial charge < -0.3 is 10.2 Å². The van der Waals surface area contributed by atoms with Gasteiger partial charge in [0, 0.05) is 30.9 Å². The minimum Gasteiger partial charge on any atom is -0.370 e. The Balaban J connectivity index is 1.54. The van der Waals surface area contributed by atoms with Crippen molar-refractivity contribution in [2.45, 2.75) is 50.9 Å². The van der Waals surface area contributed by atoms with Crippen molar-refractivity contribution in [2.24, 2.45) is 0 Å². The van der Waals surface area contributed by atoms with Crippen LogP contribution in [0.25, 0.3) is 5.78 Å². The second kappa shape index (κ2) is 9.20. The minimum atomic E-state index is -4.48. The van der Waals surface area contributed by atoms with Crippen LogP contribution in [0.2, 0.25) is 0 Å². The number of carbonyl (C=O) groups is 1.